The molecule has 0 saturated carbocycles. The first-order chi connectivity index (χ1) is 9.24. The van der Waals surface area contributed by atoms with E-state index in [2.05, 4.69) is 0 Å². The van der Waals surface area contributed by atoms with Gasteiger partial charge in [0.25, 0.3) is 5.91 Å². The molecule has 1 aromatic carbocycles. The van der Waals surface area contributed by atoms with Gasteiger partial charge in [-0.25, -0.2) is 0 Å². The third-order valence-electron chi connectivity index (χ3n) is 3.54. The number of aryl methyl sites for hydroxylation is 2. The Morgan fingerprint density at radius 1 is 1.25 bits per heavy atom. The number of rotatable bonds is 5. The molecule has 0 aromatic heterocycles. The Bertz CT molecular complexity index is 498. The summed E-state index contributed by atoms with van der Waals surface area (Å²) in [4.78, 5) is 13.9. The van der Waals surface area contributed by atoms with Crippen molar-refractivity contribution < 1.29 is 15.0 Å². The summed E-state index contributed by atoms with van der Waals surface area (Å²) in [5.74, 6) is -0.216. The van der Waals surface area contributed by atoms with Crippen molar-refractivity contribution in [2.45, 2.75) is 20.8 Å². The summed E-state index contributed by atoms with van der Waals surface area (Å²) >= 11 is 6.13. The molecule has 4 nitrogen and oxygen atoms in total. The Kier molecular flexibility index (Phi) is 5.57. The van der Waals surface area contributed by atoms with Crippen LogP contribution in [-0.4, -0.2) is 47.8 Å². The van der Waals surface area contributed by atoms with Crippen molar-refractivity contribution in [1.82, 2.24) is 4.90 Å². The van der Waals surface area contributed by atoms with E-state index in [0.29, 0.717) is 10.6 Å². The van der Waals surface area contributed by atoms with Gasteiger partial charge in [0.1, 0.15) is 0 Å². The molecular formula is C15H22ClNO3. The van der Waals surface area contributed by atoms with E-state index in [4.69, 9.17) is 11.6 Å². The first-order valence-electron chi connectivity index (χ1n) is 6.48. The monoisotopic (exact) mass is 299 g/mol. The van der Waals surface area contributed by atoms with Gasteiger partial charge >= 0.3 is 0 Å². The smallest absolute Gasteiger partial charge is 0.255 e. The lowest BCUT2D eigenvalue weighted by Gasteiger charge is -2.30. The molecule has 0 spiro atoms. The number of carbonyl (C=O) groups is 1. The first kappa shape index (κ1) is 17.0. The largest absolute Gasteiger partial charge is 0.396 e. The lowest BCUT2D eigenvalue weighted by Crippen LogP contribution is -2.41. The number of aliphatic hydroxyl groups is 2. The third-order valence-corrected chi connectivity index (χ3v) is 3.86. The summed E-state index contributed by atoms with van der Waals surface area (Å²) in [5.41, 5.74) is 1.75. The Morgan fingerprint density at radius 2 is 1.75 bits per heavy atom. The van der Waals surface area contributed by atoms with Gasteiger partial charge in [-0.2, -0.15) is 0 Å². The van der Waals surface area contributed by atoms with Crippen LogP contribution in [0.25, 0.3) is 0 Å². The van der Waals surface area contributed by atoms with Crippen LogP contribution in [0.3, 0.4) is 0 Å². The Balaban J connectivity index is 2.98. The zero-order valence-corrected chi connectivity index (χ0v) is 13.2. The number of carbonyl (C=O) groups excluding carboxylic acids is 1. The summed E-state index contributed by atoms with van der Waals surface area (Å²) in [5, 5.41) is 19.0. The second kappa shape index (κ2) is 6.57. The van der Waals surface area contributed by atoms with E-state index in [1.54, 1.807) is 26.1 Å². The molecule has 0 aliphatic carbocycles. The van der Waals surface area contributed by atoms with Crippen LogP contribution >= 0.6 is 11.6 Å². The van der Waals surface area contributed by atoms with Crippen LogP contribution in [0.15, 0.2) is 12.1 Å². The van der Waals surface area contributed by atoms with Crippen molar-refractivity contribution in [1.29, 1.82) is 0 Å². The molecule has 0 bridgehead atoms. The number of aliphatic hydroxyl groups excluding tert-OH is 2. The molecule has 1 rings (SSSR count). The fraction of sp³-hybridized carbons (Fsp3) is 0.533. The van der Waals surface area contributed by atoms with Gasteiger partial charge in [0, 0.05) is 19.0 Å². The summed E-state index contributed by atoms with van der Waals surface area (Å²) < 4.78 is 0. The van der Waals surface area contributed by atoms with E-state index in [9.17, 15) is 15.0 Å². The molecule has 0 unspecified atom stereocenters. The van der Waals surface area contributed by atoms with Gasteiger partial charge in [-0.1, -0.05) is 18.5 Å². The third kappa shape index (κ3) is 3.72. The van der Waals surface area contributed by atoms with E-state index in [0.717, 1.165) is 11.1 Å². The molecule has 0 fully saturated rings. The summed E-state index contributed by atoms with van der Waals surface area (Å²) in [6.07, 6.45) is 0. The van der Waals surface area contributed by atoms with Gasteiger partial charge in [-0.3, -0.25) is 4.79 Å². The van der Waals surface area contributed by atoms with Gasteiger partial charge in [0.05, 0.1) is 23.8 Å². The highest BCUT2D eigenvalue weighted by atomic mass is 35.5. The van der Waals surface area contributed by atoms with Crippen molar-refractivity contribution in [3.63, 3.8) is 0 Å². The van der Waals surface area contributed by atoms with Gasteiger partial charge in [-0.15, -0.1) is 0 Å². The molecule has 1 amide bonds. The highest BCUT2D eigenvalue weighted by Gasteiger charge is 2.27. The Hall–Kier alpha value is -1.10. The van der Waals surface area contributed by atoms with Gasteiger partial charge in [0.15, 0.2) is 0 Å². The normalized spacial score (nSPS) is 11.6. The van der Waals surface area contributed by atoms with Crippen molar-refractivity contribution in [3.8, 4) is 0 Å². The summed E-state index contributed by atoms with van der Waals surface area (Å²) in [6.45, 7) is 5.45. The maximum Gasteiger partial charge on any atom is 0.255 e. The number of amides is 1. The minimum Gasteiger partial charge on any atom is -0.396 e. The molecule has 0 atom stereocenters. The molecule has 20 heavy (non-hydrogen) atoms. The van der Waals surface area contributed by atoms with Gasteiger partial charge in [-0.05, 0) is 37.1 Å². The van der Waals surface area contributed by atoms with Gasteiger partial charge in [0.2, 0.25) is 0 Å². The van der Waals surface area contributed by atoms with Crippen LogP contribution in [0.5, 0.6) is 0 Å². The fourth-order valence-corrected chi connectivity index (χ4v) is 2.24. The molecule has 5 heteroatoms. The molecule has 0 saturated heterocycles. The van der Waals surface area contributed by atoms with Crippen LogP contribution in [0.2, 0.25) is 5.02 Å². The van der Waals surface area contributed by atoms with E-state index in [1.165, 1.54) is 4.90 Å². The molecule has 2 N–H and O–H groups in total. The highest BCUT2D eigenvalue weighted by molar-refractivity contribution is 6.33. The molecule has 0 aliphatic heterocycles. The van der Waals surface area contributed by atoms with Crippen LogP contribution < -0.4 is 0 Å². The van der Waals surface area contributed by atoms with E-state index < -0.39 is 5.41 Å². The lowest BCUT2D eigenvalue weighted by molar-refractivity contribution is 0.0366. The molecule has 1 aromatic rings. The standard InChI is InChI=1S/C15H22ClNO3/c1-10-5-12(13(16)6-11(10)2)14(20)17(4)7-15(3,8-18)9-19/h5-6,18-19H,7-9H2,1-4H3. The lowest BCUT2D eigenvalue weighted by atomic mass is 9.92. The molecule has 0 heterocycles. The first-order valence-corrected chi connectivity index (χ1v) is 6.86. The van der Waals surface area contributed by atoms with Crippen molar-refractivity contribution in [2.24, 2.45) is 5.41 Å². The molecular weight excluding hydrogens is 278 g/mol. The maximum absolute atomic E-state index is 12.4. The van der Waals surface area contributed by atoms with E-state index in [-0.39, 0.29) is 25.7 Å². The Morgan fingerprint density at radius 3 is 2.25 bits per heavy atom. The van der Waals surface area contributed by atoms with E-state index in [1.807, 2.05) is 13.8 Å². The van der Waals surface area contributed by atoms with Gasteiger partial charge < -0.3 is 15.1 Å². The number of benzene rings is 1. The minimum atomic E-state index is -0.726. The zero-order valence-electron chi connectivity index (χ0n) is 12.4. The topological polar surface area (TPSA) is 60.8 Å². The molecule has 112 valence electrons. The highest BCUT2D eigenvalue weighted by Crippen LogP contribution is 2.23. The summed E-state index contributed by atoms with van der Waals surface area (Å²) in [7, 11) is 1.64. The molecule has 0 aliphatic rings. The second-order valence-electron chi connectivity index (χ2n) is 5.70. The fourth-order valence-electron chi connectivity index (χ4n) is 1.94. The maximum atomic E-state index is 12.4. The van der Waals surface area contributed by atoms with Crippen molar-refractivity contribution >= 4 is 17.5 Å². The quantitative estimate of drug-likeness (QED) is 0.874. The van der Waals surface area contributed by atoms with Crippen molar-refractivity contribution in [2.75, 3.05) is 26.8 Å². The van der Waals surface area contributed by atoms with Crippen molar-refractivity contribution in [3.05, 3.63) is 33.8 Å². The van der Waals surface area contributed by atoms with Crippen LogP contribution in [0, 0.1) is 19.3 Å². The zero-order chi connectivity index (χ0) is 15.5. The number of nitrogens with zero attached hydrogens (tertiary/aromatic N) is 1. The predicted octanol–water partition coefficient (Wildman–Crippen LogP) is 2.02. The minimum absolute atomic E-state index is 0.193. The number of halogens is 1. The second-order valence-corrected chi connectivity index (χ2v) is 6.11. The molecule has 0 radical (unpaired) electrons. The van der Waals surface area contributed by atoms with Crippen LogP contribution in [0.4, 0.5) is 0 Å². The Labute approximate surface area is 125 Å². The number of hydrogen-bond donors (Lipinski definition) is 2. The SMILES string of the molecule is Cc1cc(Cl)c(C(=O)N(C)CC(C)(CO)CO)cc1C. The number of hydrogen-bond acceptors (Lipinski definition) is 3. The average molecular weight is 300 g/mol. The van der Waals surface area contributed by atoms with Crippen LogP contribution in [0.1, 0.15) is 28.4 Å². The average Bonchev–Trinajstić information content (AvgIpc) is 2.41. The predicted molar refractivity (Wildman–Crippen MR) is 80.2 cm³/mol. The van der Waals surface area contributed by atoms with E-state index >= 15 is 0 Å². The van der Waals surface area contributed by atoms with Crippen LogP contribution in [-0.2, 0) is 0 Å². The summed E-state index contributed by atoms with van der Waals surface area (Å²) in [6, 6.07) is 3.54.